The highest BCUT2D eigenvalue weighted by Gasteiger charge is 2.32. The van der Waals surface area contributed by atoms with Gasteiger partial charge in [0.2, 0.25) is 5.88 Å². The molecule has 0 unspecified atom stereocenters. The van der Waals surface area contributed by atoms with Gasteiger partial charge in [0.05, 0.1) is 42.8 Å². The Bertz CT molecular complexity index is 1130. The molecule has 1 aromatic carbocycles. The van der Waals surface area contributed by atoms with Gasteiger partial charge in [0, 0.05) is 56.5 Å². The summed E-state index contributed by atoms with van der Waals surface area (Å²) in [6.45, 7) is 12.5. The number of aromatic nitrogens is 2. The van der Waals surface area contributed by atoms with Crippen molar-refractivity contribution in [1.82, 2.24) is 9.97 Å². The van der Waals surface area contributed by atoms with Crippen LogP contribution >= 0.6 is 0 Å². The number of carbonyl (C=O) groups is 1. The van der Waals surface area contributed by atoms with E-state index < -0.39 is 5.92 Å². The predicted octanol–water partition coefficient (Wildman–Crippen LogP) is 5.52. The Morgan fingerprint density at radius 1 is 1.11 bits per heavy atom. The number of halogens is 2. The molecule has 38 heavy (non-hydrogen) atoms. The largest absolute Gasteiger partial charge is 0.480 e. The molecule has 1 fully saturated rings. The first kappa shape index (κ1) is 32.7. The van der Waals surface area contributed by atoms with Crippen LogP contribution in [0.5, 0.6) is 5.88 Å². The van der Waals surface area contributed by atoms with Gasteiger partial charge in [-0.3, -0.25) is 4.98 Å². The van der Waals surface area contributed by atoms with E-state index in [2.05, 4.69) is 15.3 Å². The Labute approximate surface area is 224 Å². The van der Waals surface area contributed by atoms with E-state index in [1.165, 1.54) is 6.20 Å². The molecule has 1 aliphatic heterocycles. The Morgan fingerprint density at radius 3 is 2.24 bits per heavy atom. The highest BCUT2D eigenvalue weighted by molar-refractivity contribution is 5.96. The summed E-state index contributed by atoms with van der Waals surface area (Å²) in [6.07, 6.45) is 2.84. The van der Waals surface area contributed by atoms with E-state index in [4.69, 9.17) is 19.4 Å². The third kappa shape index (κ3) is 8.59. The first-order valence-corrected chi connectivity index (χ1v) is 12.5. The molecule has 210 valence electrons. The number of carbonyl (C=O) groups excluding carboxylic acids is 1. The summed E-state index contributed by atoms with van der Waals surface area (Å²) < 4.78 is 39.6. The number of rotatable bonds is 5. The van der Waals surface area contributed by atoms with Gasteiger partial charge in [-0.1, -0.05) is 19.9 Å². The van der Waals surface area contributed by atoms with E-state index in [1.807, 2.05) is 49.8 Å². The van der Waals surface area contributed by atoms with Crippen LogP contribution in [0.2, 0.25) is 0 Å². The number of fused-ring (bicyclic) bond motifs is 1. The molecule has 0 radical (unpaired) electrons. The Kier molecular flexibility index (Phi) is 13.6. The zero-order chi connectivity index (χ0) is 28.9. The third-order valence-electron chi connectivity index (χ3n) is 5.29. The maximum absolute atomic E-state index is 14.5. The lowest BCUT2D eigenvalue weighted by Crippen LogP contribution is -2.37. The highest BCUT2D eigenvalue weighted by atomic mass is 19.3. The van der Waals surface area contributed by atoms with Crippen molar-refractivity contribution in [2.75, 3.05) is 50.7 Å². The summed E-state index contributed by atoms with van der Waals surface area (Å²) in [4.78, 5) is 18.6. The van der Waals surface area contributed by atoms with Crippen LogP contribution in [0.1, 0.15) is 40.2 Å². The monoisotopic (exact) mass is 534 g/mol. The lowest BCUT2D eigenvalue weighted by Gasteiger charge is -2.32. The van der Waals surface area contributed by atoms with Crippen LogP contribution in [0.3, 0.4) is 0 Å². The number of benzene rings is 1. The van der Waals surface area contributed by atoms with Crippen molar-refractivity contribution in [3.63, 3.8) is 0 Å². The average molecular weight is 535 g/mol. The summed E-state index contributed by atoms with van der Waals surface area (Å²) in [5, 5.41) is 11.8. The fourth-order valence-corrected chi connectivity index (χ4v) is 3.76. The standard InChI is InChI=1S/C22H24F2N4O2.C3H8O.C2H6.CH2O/c1-22(23,24)17-13-26-18-5-4-14(15-11-19(25-2)21(29-3)27-12-15)10-16(18)20(17)28-6-8-30-9-7-28;1-3(2)4;2*1-2/h4-5,10-13,25H,6-9H2,1-3H3;3-4H,1-2H3;1-2H3;1H2. The van der Waals surface area contributed by atoms with Gasteiger partial charge >= 0.3 is 0 Å². The number of nitrogens with zero attached hydrogens (tertiary/aromatic N) is 3. The van der Waals surface area contributed by atoms with Crippen LogP contribution in [0.15, 0.2) is 36.7 Å². The number of alkyl halides is 2. The summed E-state index contributed by atoms with van der Waals surface area (Å²) in [7, 11) is 3.35. The summed E-state index contributed by atoms with van der Waals surface area (Å²) in [5.74, 6) is -2.52. The molecule has 1 saturated heterocycles. The third-order valence-corrected chi connectivity index (χ3v) is 5.29. The molecule has 2 N–H and O–H groups in total. The van der Waals surface area contributed by atoms with Gasteiger partial charge < -0.3 is 29.6 Å². The molecular weight excluding hydrogens is 494 g/mol. The van der Waals surface area contributed by atoms with Crippen molar-refractivity contribution < 1.29 is 28.2 Å². The van der Waals surface area contributed by atoms with Crippen molar-refractivity contribution in [3.8, 4) is 17.0 Å². The van der Waals surface area contributed by atoms with Crippen LogP contribution in [0.25, 0.3) is 22.0 Å². The molecule has 8 nitrogen and oxygen atoms in total. The molecule has 0 aliphatic carbocycles. The number of anilines is 2. The fourth-order valence-electron chi connectivity index (χ4n) is 3.76. The smallest absolute Gasteiger partial charge is 0.274 e. The second-order valence-corrected chi connectivity index (χ2v) is 8.36. The molecule has 1 aliphatic rings. The van der Waals surface area contributed by atoms with Gasteiger partial charge in [-0.15, -0.1) is 0 Å². The number of hydrogen-bond acceptors (Lipinski definition) is 8. The van der Waals surface area contributed by atoms with Crippen LogP contribution < -0.4 is 15.0 Å². The highest BCUT2D eigenvalue weighted by Crippen LogP contribution is 2.40. The van der Waals surface area contributed by atoms with E-state index >= 15 is 0 Å². The molecule has 10 heteroatoms. The van der Waals surface area contributed by atoms with Crippen LogP contribution in [-0.4, -0.2) is 68.4 Å². The number of pyridine rings is 2. The van der Waals surface area contributed by atoms with Crippen LogP contribution in [0.4, 0.5) is 20.2 Å². The second kappa shape index (κ2) is 15.8. The lowest BCUT2D eigenvalue weighted by atomic mass is 9.99. The van der Waals surface area contributed by atoms with Crippen molar-refractivity contribution in [2.24, 2.45) is 0 Å². The van der Waals surface area contributed by atoms with Crippen molar-refractivity contribution in [2.45, 2.75) is 46.6 Å². The maximum atomic E-state index is 14.5. The number of ether oxygens (including phenoxy) is 2. The fraction of sp³-hybridized carbons (Fsp3) is 0.464. The van der Waals surface area contributed by atoms with E-state index in [-0.39, 0.29) is 11.7 Å². The first-order chi connectivity index (χ1) is 18.2. The van der Waals surface area contributed by atoms with E-state index in [9.17, 15) is 8.78 Å². The average Bonchev–Trinajstić information content (AvgIpc) is 2.93. The minimum Gasteiger partial charge on any atom is -0.480 e. The molecule has 2 aromatic heterocycles. The van der Waals surface area contributed by atoms with Gasteiger partial charge in [-0.2, -0.15) is 0 Å². The molecule has 3 aromatic rings. The van der Waals surface area contributed by atoms with Gasteiger partial charge in [0.25, 0.3) is 5.92 Å². The van der Waals surface area contributed by atoms with Crippen LogP contribution in [-0.2, 0) is 15.5 Å². The number of hydrogen-bond donors (Lipinski definition) is 2. The molecule has 0 atom stereocenters. The molecule has 4 rings (SSSR count). The SMILES string of the molecule is C=O.CC.CC(C)O.CNc1cc(-c2ccc3ncc(C(C)(F)F)c(N4CCOCC4)c3c2)cnc1OC. The minimum absolute atomic E-state index is 0.0715. The van der Waals surface area contributed by atoms with Gasteiger partial charge in [-0.05, 0) is 37.6 Å². The molecular formula is C28H40F2N4O4. The van der Waals surface area contributed by atoms with Crippen LogP contribution in [0, 0.1) is 0 Å². The van der Waals surface area contributed by atoms with Gasteiger partial charge in [0.15, 0.2) is 0 Å². The van der Waals surface area contributed by atoms with E-state index in [0.29, 0.717) is 48.8 Å². The number of aliphatic hydroxyl groups is 1. The Balaban J connectivity index is 0.000000811. The number of morpholine rings is 1. The van der Waals surface area contributed by atoms with Crippen molar-refractivity contribution >= 4 is 29.1 Å². The molecule has 0 amide bonds. The van der Waals surface area contributed by atoms with E-state index in [0.717, 1.165) is 23.7 Å². The first-order valence-electron chi connectivity index (χ1n) is 12.5. The normalized spacial score (nSPS) is 12.9. The van der Waals surface area contributed by atoms with Crippen molar-refractivity contribution in [1.29, 1.82) is 0 Å². The quantitative estimate of drug-likeness (QED) is 0.442. The second-order valence-electron chi connectivity index (χ2n) is 8.36. The Hall–Kier alpha value is -3.37. The number of nitrogens with one attached hydrogen (secondary N) is 1. The minimum atomic E-state index is -3.01. The summed E-state index contributed by atoms with van der Waals surface area (Å²) >= 11 is 0. The summed E-state index contributed by atoms with van der Waals surface area (Å²) in [5.41, 5.74) is 3.58. The van der Waals surface area contributed by atoms with Gasteiger partial charge in [-0.25, -0.2) is 13.8 Å². The molecule has 3 heterocycles. The number of aliphatic hydroxyl groups excluding tert-OH is 1. The summed E-state index contributed by atoms with van der Waals surface area (Å²) in [6, 6.07) is 7.61. The lowest BCUT2D eigenvalue weighted by molar-refractivity contribution is -0.0980. The zero-order valence-electron chi connectivity index (χ0n) is 23.3. The predicted molar refractivity (Wildman–Crippen MR) is 149 cm³/mol. The zero-order valence-corrected chi connectivity index (χ0v) is 23.3. The maximum Gasteiger partial charge on any atom is 0.274 e. The number of methoxy groups -OCH3 is 1. The Morgan fingerprint density at radius 2 is 1.71 bits per heavy atom. The van der Waals surface area contributed by atoms with E-state index in [1.54, 1.807) is 34.2 Å². The molecule has 0 saturated carbocycles. The van der Waals surface area contributed by atoms with Crippen molar-refractivity contribution in [3.05, 3.63) is 42.2 Å². The molecule has 0 spiro atoms. The van der Waals surface area contributed by atoms with Gasteiger partial charge in [0.1, 0.15) is 6.79 Å². The molecule has 0 bridgehead atoms. The topological polar surface area (TPSA) is 96.8 Å².